The SMILES string of the molecule is C1=CC2c3ccccc3OC2C(c2nc(-c3ccccc3)nc(-c3cccc4ccc5c6ccccc6ccc5c34)n2)=C1. The van der Waals surface area contributed by atoms with Crippen LogP contribution in [0.25, 0.3) is 60.7 Å². The predicted octanol–water partition coefficient (Wildman–Crippen LogP) is 9.16. The van der Waals surface area contributed by atoms with Crippen LogP contribution in [0, 0.1) is 0 Å². The maximum Gasteiger partial charge on any atom is 0.164 e. The van der Waals surface area contributed by atoms with E-state index in [0.717, 1.165) is 33.2 Å². The van der Waals surface area contributed by atoms with Crippen LogP contribution in [0.15, 0.2) is 140 Å². The maximum atomic E-state index is 6.52. The van der Waals surface area contributed by atoms with Crippen LogP contribution in [-0.4, -0.2) is 21.1 Å². The number of fused-ring (bicyclic) bond motifs is 8. The van der Waals surface area contributed by atoms with Crippen LogP contribution in [-0.2, 0) is 0 Å². The number of para-hydroxylation sites is 1. The first-order valence-electron chi connectivity index (χ1n) is 14.6. The number of hydrogen-bond acceptors (Lipinski definition) is 4. The van der Waals surface area contributed by atoms with Gasteiger partial charge in [-0.15, -0.1) is 0 Å². The van der Waals surface area contributed by atoms with E-state index in [-0.39, 0.29) is 12.0 Å². The number of ether oxygens (including phenoxy) is 1. The van der Waals surface area contributed by atoms with Crippen molar-refractivity contribution in [2.75, 3.05) is 0 Å². The summed E-state index contributed by atoms with van der Waals surface area (Å²) in [6.07, 6.45) is 6.21. The van der Waals surface area contributed by atoms with Gasteiger partial charge in [0, 0.05) is 33.6 Å². The molecule has 1 aliphatic carbocycles. The third-order valence-electron chi connectivity index (χ3n) is 8.69. The summed E-state index contributed by atoms with van der Waals surface area (Å²) in [5.41, 5.74) is 4.08. The van der Waals surface area contributed by atoms with Crippen molar-refractivity contribution >= 4 is 37.9 Å². The number of hydrogen-bond donors (Lipinski definition) is 0. The lowest BCUT2D eigenvalue weighted by molar-refractivity contribution is 0.277. The minimum atomic E-state index is -0.194. The fourth-order valence-corrected chi connectivity index (χ4v) is 6.68. The number of nitrogens with zero attached hydrogens (tertiary/aromatic N) is 3. The summed E-state index contributed by atoms with van der Waals surface area (Å²) >= 11 is 0. The molecule has 202 valence electrons. The van der Waals surface area contributed by atoms with Gasteiger partial charge in [0.25, 0.3) is 0 Å². The molecule has 1 aliphatic heterocycles. The summed E-state index contributed by atoms with van der Waals surface area (Å²) in [4.78, 5) is 15.4. The van der Waals surface area contributed by atoms with E-state index < -0.39 is 0 Å². The molecule has 0 saturated carbocycles. The minimum Gasteiger partial charge on any atom is -0.484 e. The van der Waals surface area contributed by atoms with Crippen LogP contribution in [0.1, 0.15) is 17.3 Å². The van der Waals surface area contributed by atoms with Crippen molar-refractivity contribution in [2.45, 2.75) is 12.0 Å². The Morgan fingerprint density at radius 1 is 0.535 bits per heavy atom. The second kappa shape index (κ2) is 9.47. The smallest absolute Gasteiger partial charge is 0.164 e. The van der Waals surface area contributed by atoms with Gasteiger partial charge in [-0.05, 0) is 33.0 Å². The molecule has 0 radical (unpaired) electrons. The first-order chi connectivity index (χ1) is 21.3. The third kappa shape index (κ3) is 3.80. The first kappa shape index (κ1) is 24.0. The average molecular weight is 552 g/mol. The molecular weight excluding hydrogens is 526 g/mol. The lowest BCUT2D eigenvalue weighted by atomic mass is 9.87. The van der Waals surface area contributed by atoms with Gasteiger partial charge in [0.2, 0.25) is 0 Å². The molecule has 2 atom stereocenters. The van der Waals surface area contributed by atoms with E-state index in [1.54, 1.807) is 0 Å². The highest BCUT2D eigenvalue weighted by Gasteiger charge is 2.38. The summed E-state index contributed by atoms with van der Waals surface area (Å²) in [7, 11) is 0. The molecule has 4 heteroatoms. The van der Waals surface area contributed by atoms with Crippen LogP contribution in [0.5, 0.6) is 5.75 Å². The monoisotopic (exact) mass is 551 g/mol. The zero-order valence-electron chi connectivity index (χ0n) is 23.2. The van der Waals surface area contributed by atoms with Gasteiger partial charge < -0.3 is 4.74 Å². The highest BCUT2D eigenvalue weighted by atomic mass is 16.5. The standard InChI is InChI=1S/C39H25N3O/c1-2-11-26(12-3-1)37-40-38(42-39(41-37)33-18-9-16-31-29-15-6-7-19-34(29)43-36(31)33)32-17-8-13-25-21-22-28-27-14-5-4-10-24(27)20-23-30(28)35(25)32/h1-23,31,36H. The van der Waals surface area contributed by atoms with Crippen LogP contribution < -0.4 is 4.74 Å². The molecule has 0 amide bonds. The second-order valence-electron chi connectivity index (χ2n) is 11.1. The van der Waals surface area contributed by atoms with Crippen LogP contribution >= 0.6 is 0 Å². The molecule has 0 N–H and O–H groups in total. The van der Waals surface area contributed by atoms with Gasteiger partial charge in [0.15, 0.2) is 17.5 Å². The Morgan fingerprint density at radius 2 is 1.28 bits per heavy atom. The largest absolute Gasteiger partial charge is 0.484 e. The number of rotatable bonds is 3. The highest BCUT2D eigenvalue weighted by Crippen LogP contribution is 2.46. The molecule has 43 heavy (non-hydrogen) atoms. The molecule has 0 spiro atoms. The Bertz CT molecular complexity index is 2290. The maximum absolute atomic E-state index is 6.52. The molecule has 1 aromatic heterocycles. The Balaban J connectivity index is 1.29. The molecular formula is C39H25N3O. The molecule has 7 aromatic rings. The molecule has 0 fully saturated rings. The van der Waals surface area contributed by atoms with E-state index >= 15 is 0 Å². The van der Waals surface area contributed by atoms with Crippen molar-refractivity contribution in [3.05, 3.63) is 151 Å². The predicted molar refractivity (Wildman–Crippen MR) is 174 cm³/mol. The van der Waals surface area contributed by atoms with Crippen molar-refractivity contribution in [3.63, 3.8) is 0 Å². The van der Waals surface area contributed by atoms with Gasteiger partial charge in [-0.3, -0.25) is 0 Å². The zero-order chi connectivity index (χ0) is 28.3. The lowest BCUT2D eigenvalue weighted by Gasteiger charge is -2.22. The Hall–Kier alpha value is -5.61. The molecule has 2 heterocycles. The zero-order valence-corrected chi connectivity index (χ0v) is 23.2. The molecule has 4 nitrogen and oxygen atoms in total. The molecule has 6 aromatic carbocycles. The molecule has 0 saturated heterocycles. The van der Waals surface area contributed by atoms with Crippen molar-refractivity contribution in [2.24, 2.45) is 0 Å². The van der Waals surface area contributed by atoms with E-state index in [1.165, 1.54) is 27.1 Å². The topological polar surface area (TPSA) is 47.9 Å². The van der Waals surface area contributed by atoms with Gasteiger partial charge in [-0.1, -0.05) is 133 Å². The van der Waals surface area contributed by atoms with Crippen molar-refractivity contribution < 1.29 is 4.74 Å². The van der Waals surface area contributed by atoms with Crippen LogP contribution in [0.3, 0.4) is 0 Å². The second-order valence-corrected chi connectivity index (χ2v) is 11.1. The van der Waals surface area contributed by atoms with Crippen LogP contribution in [0.4, 0.5) is 0 Å². The van der Waals surface area contributed by atoms with Gasteiger partial charge in [0.05, 0.1) is 0 Å². The van der Waals surface area contributed by atoms with Gasteiger partial charge in [-0.2, -0.15) is 0 Å². The van der Waals surface area contributed by atoms with E-state index in [4.69, 9.17) is 19.7 Å². The average Bonchev–Trinajstić information content (AvgIpc) is 3.47. The molecule has 0 bridgehead atoms. The number of allylic oxidation sites excluding steroid dienone is 2. The number of aromatic nitrogens is 3. The highest BCUT2D eigenvalue weighted by molar-refractivity contribution is 6.20. The van der Waals surface area contributed by atoms with Crippen molar-refractivity contribution in [3.8, 4) is 28.5 Å². The van der Waals surface area contributed by atoms with E-state index in [2.05, 4.69) is 97.1 Å². The Kier molecular flexibility index (Phi) is 5.29. The third-order valence-corrected chi connectivity index (χ3v) is 8.69. The van der Waals surface area contributed by atoms with Crippen LogP contribution in [0.2, 0.25) is 0 Å². The summed E-state index contributed by atoms with van der Waals surface area (Å²) in [5.74, 6) is 2.97. The molecule has 2 unspecified atom stereocenters. The normalized spacial score (nSPS) is 17.1. The van der Waals surface area contributed by atoms with Gasteiger partial charge in [-0.25, -0.2) is 15.0 Å². The van der Waals surface area contributed by atoms with E-state index in [0.29, 0.717) is 17.5 Å². The van der Waals surface area contributed by atoms with Gasteiger partial charge >= 0.3 is 0 Å². The van der Waals surface area contributed by atoms with Crippen molar-refractivity contribution in [1.82, 2.24) is 15.0 Å². The number of benzene rings is 6. The lowest BCUT2D eigenvalue weighted by Crippen LogP contribution is -2.23. The summed E-state index contributed by atoms with van der Waals surface area (Å²) in [6, 6.07) is 42.2. The summed E-state index contributed by atoms with van der Waals surface area (Å²) in [5, 5.41) is 7.16. The van der Waals surface area contributed by atoms with Gasteiger partial charge in [0.1, 0.15) is 11.9 Å². The quantitative estimate of drug-likeness (QED) is 0.205. The van der Waals surface area contributed by atoms with E-state index in [9.17, 15) is 0 Å². The first-order valence-corrected chi connectivity index (χ1v) is 14.6. The summed E-state index contributed by atoms with van der Waals surface area (Å²) < 4.78 is 6.52. The molecule has 9 rings (SSSR count). The Labute approximate surface area is 248 Å². The minimum absolute atomic E-state index is 0.117. The van der Waals surface area contributed by atoms with E-state index in [1.807, 2.05) is 42.5 Å². The summed E-state index contributed by atoms with van der Waals surface area (Å²) in [6.45, 7) is 0. The van der Waals surface area contributed by atoms with Crippen molar-refractivity contribution in [1.29, 1.82) is 0 Å². The Morgan fingerprint density at radius 3 is 2.23 bits per heavy atom. The fourth-order valence-electron chi connectivity index (χ4n) is 6.68. The molecule has 2 aliphatic rings. The fraction of sp³-hybridized carbons (Fsp3) is 0.0513.